The molecule has 3 aliphatic rings. The van der Waals surface area contributed by atoms with E-state index in [1.165, 1.54) is 19.3 Å². The number of amides is 2. The summed E-state index contributed by atoms with van der Waals surface area (Å²) in [7, 11) is 0. The zero-order chi connectivity index (χ0) is 21.0. The standard InChI is InChI=1S/C19H26ClN3O3.CH2O2/c1-12(24)21-9-16-14-8-13(15-4-2-3-7-23(15)16)10-22(11-14)19(25)17-5-6-18(20)26-17;2-1-3/h5-6,13-16H,2-4,7-11H2,1H3,(H,21,24);1H,(H,2,3)/t13-,14+,15+,16+;/m1./s1. The summed E-state index contributed by atoms with van der Waals surface area (Å²) in [6.45, 7) is 4.57. The van der Waals surface area contributed by atoms with Gasteiger partial charge in [-0.2, -0.15) is 0 Å². The van der Waals surface area contributed by atoms with Gasteiger partial charge in [0.2, 0.25) is 5.91 Å². The van der Waals surface area contributed by atoms with Gasteiger partial charge in [-0.05, 0) is 61.4 Å². The van der Waals surface area contributed by atoms with Crippen molar-refractivity contribution in [1.29, 1.82) is 0 Å². The molecule has 0 aliphatic carbocycles. The molecule has 8 nitrogen and oxygen atoms in total. The van der Waals surface area contributed by atoms with Crippen molar-refractivity contribution in [3.05, 3.63) is 23.1 Å². The van der Waals surface area contributed by atoms with Crippen LogP contribution in [-0.4, -0.2) is 71.5 Å². The predicted octanol–water partition coefficient (Wildman–Crippen LogP) is 2.08. The van der Waals surface area contributed by atoms with Crippen LogP contribution in [0.4, 0.5) is 0 Å². The van der Waals surface area contributed by atoms with E-state index in [9.17, 15) is 9.59 Å². The van der Waals surface area contributed by atoms with Crippen molar-refractivity contribution < 1.29 is 23.9 Å². The molecule has 29 heavy (non-hydrogen) atoms. The molecule has 2 amide bonds. The van der Waals surface area contributed by atoms with Gasteiger partial charge in [-0.25, -0.2) is 0 Å². The van der Waals surface area contributed by atoms with Crippen LogP contribution in [0, 0.1) is 11.8 Å². The number of hydrogen-bond acceptors (Lipinski definition) is 5. The third-order valence-corrected chi connectivity index (χ3v) is 6.46. The Hall–Kier alpha value is -2.06. The minimum Gasteiger partial charge on any atom is -0.483 e. The Balaban J connectivity index is 0.000000755. The quantitative estimate of drug-likeness (QED) is 0.719. The fourth-order valence-corrected chi connectivity index (χ4v) is 5.33. The zero-order valence-electron chi connectivity index (χ0n) is 16.6. The van der Waals surface area contributed by atoms with E-state index >= 15 is 0 Å². The lowest BCUT2D eigenvalue weighted by atomic mass is 9.72. The number of carboxylic acid groups (broad SMARTS) is 1. The highest BCUT2D eigenvalue weighted by Crippen LogP contribution is 2.41. The molecule has 2 bridgehead atoms. The average molecular weight is 426 g/mol. The van der Waals surface area contributed by atoms with Crippen LogP contribution < -0.4 is 5.32 Å². The first-order valence-electron chi connectivity index (χ1n) is 10.1. The fourth-order valence-electron chi connectivity index (χ4n) is 5.19. The fraction of sp³-hybridized carbons (Fsp3) is 0.650. The molecule has 4 rings (SSSR count). The number of furan rings is 1. The lowest BCUT2D eigenvalue weighted by Gasteiger charge is -2.56. The van der Waals surface area contributed by atoms with E-state index in [1.807, 2.05) is 4.90 Å². The second-order valence-electron chi connectivity index (χ2n) is 7.98. The molecule has 0 aromatic carbocycles. The third-order valence-electron chi connectivity index (χ3n) is 6.25. The Morgan fingerprint density at radius 2 is 2.03 bits per heavy atom. The number of carbonyl (C=O) groups excluding carboxylic acids is 2. The van der Waals surface area contributed by atoms with Crippen molar-refractivity contribution in [1.82, 2.24) is 15.1 Å². The molecule has 0 spiro atoms. The highest BCUT2D eigenvalue weighted by Gasteiger charge is 2.48. The molecular formula is C20H28ClN3O5. The monoisotopic (exact) mass is 425 g/mol. The molecule has 0 radical (unpaired) electrons. The van der Waals surface area contributed by atoms with Crippen molar-refractivity contribution in [3.8, 4) is 0 Å². The number of hydrogen-bond donors (Lipinski definition) is 2. The van der Waals surface area contributed by atoms with E-state index in [0.717, 1.165) is 19.5 Å². The summed E-state index contributed by atoms with van der Waals surface area (Å²) in [6, 6.07) is 4.07. The Bertz CT molecular complexity index is 739. The maximum Gasteiger partial charge on any atom is 0.290 e. The number of carbonyl (C=O) groups is 3. The maximum atomic E-state index is 12.9. The first-order chi connectivity index (χ1) is 13.9. The van der Waals surface area contributed by atoms with E-state index in [2.05, 4.69) is 10.2 Å². The Morgan fingerprint density at radius 1 is 1.31 bits per heavy atom. The smallest absolute Gasteiger partial charge is 0.290 e. The molecule has 4 heterocycles. The van der Waals surface area contributed by atoms with Gasteiger partial charge in [0.15, 0.2) is 11.0 Å². The number of nitrogens with zero attached hydrogens (tertiary/aromatic N) is 2. The Labute approximate surface area is 175 Å². The molecule has 0 saturated carbocycles. The SMILES string of the molecule is CC(=O)NC[C@H]1[C@H]2C[C@H](CN(C(=O)c3ccc(Cl)o3)C2)[C@@H]2CCCCN21.O=CO. The van der Waals surface area contributed by atoms with Crippen LogP contribution in [0.25, 0.3) is 0 Å². The molecule has 3 saturated heterocycles. The predicted molar refractivity (Wildman–Crippen MR) is 107 cm³/mol. The lowest BCUT2D eigenvalue weighted by Crippen LogP contribution is -2.66. The molecular weight excluding hydrogens is 398 g/mol. The van der Waals surface area contributed by atoms with Crippen LogP contribution in [0.3, 0.4) is 0 Å². The molecule has 2 N–H and O–H groups in total. The van der Waals surface area contributed by atoms with E-state index in [4.69, 9.17) is 25.9 Å². The highest BCUT2D eigenvalue weighted by atomic mass is 35.5. The summed E-state index contributed by atoms with van der Waals surface area (Å²) in [4.78, 5) is 37.2. The van der Waals surface area contributed by atoms with Gasteiger partial charge in [-0.1, -0.05) is 6.42 Å². The zero-order valence-corrected chi connectivity index (χ0v) is 17.3. The number of halogens is 1. The summed E-state index contributed by atoms with van der Waals surface area (Å²) in [5.41, 5.74) is 0. The van der Waals surface area contributed by atoms with E-state index in [-0.39, 0.29) is 23.5 Å². The topological polar surface area (TPSA) is 103 Å². The Kier molecular flexibility index (Phi) is 7.18. The van der Waals surface area contributed by atoms with Gasteiger partial charge < -0.3 is 19.7 Å². The van der Waals surface area contributed by atoms with Crippen molar-refractivity contribution in [2.75, 3.05) is 26.2 Å². The van der Waals surface area contributed by atoms with Gasteiger partial charge in [-0.3, -0.25) is 19.3 Å². The summed E-state index contributed by atoms with van der Waals surface area (Å²) >= 11 is 5.84. The van der Waals surface area contributed by atoms with Gasteiger partial charge in [0, 0.05) is 38.6 Å². The van der Waals surface area contributed by atoms with Crippen LogP contribution in [0.15, 0.2) is 16.5 Å². The minimum absolute atomic E-state index is 0.00894. The van der Waals surface area contributed by atoms with Crippen molar-refractivity contribution in [2.45, 2.75) is 44.7 Å². The molecule has 9 heteroatoms. The van der Waals surface area contributed by atoms with Gasteiger partial charge in [-0.15, -0.1) is 0 Å². The molecule has 1 aromatic rings. The summed E-state index contributed by atoms with van der Waals surface area (Å²) in [5.74, 6) is 1.12. The second kappa shape index (κ2) is 9.63. The van der Waals surface area contributed by atoms with Crippen molar-refractivity contribution in [3.63, 3.8) is 0 Å². The van der Waals surface area contributed by atoms with Gasteiger partial charge in [0.05, 0.1) is 0 Å². The molecule has 3 fully saturated rings. The largest absolute Gasteiger partial charge is 0.483 e. The average Bonchev–Trinajstić information content (AvgIpc) is 3.14. The van der Waals surface area contributed by atoms with E-state index < -0.39 is 0 Å². The van der Waals surface area contributed by atoms with E-state index in [1.54, 1.807) is 19.1 Å². The second-order valence-corrected chi connectivity index (χ2v) is 8.35. The van der Waals surface area contributed by atoms with Crippen LogP contribution in [0.5, 0.6) is 0 Å². The van der Waals surface area contributed by atoms with Gasteiger partial charge in [0.25, 0.3) is 12.4 Å². The number of rotatable bonds is 3. The van der Waals surface area contributed by atoms with Gasteiger partial charge >= 0.3 is 0 Å². The number of fused-ring (bicyclic) bond motifs is 4. The molecule has 4 atom stereocenters. The first-order valence-corrected chi connectivity index (χ1v) is 10.4. The van der Waals surface area contributed by atoms with Gasteiger partial charge in [0.1, 0.15) is 0 Å². The van der Waals surface area contributed by atoms with Crippen LogP contribution in [0.1, 0.15) is 43.2 Å². The van der Waals surface area contributed by atoms with E-state index in [0.29, 0.717) is 42.8 Å². The molecule has 160 valence electrons. The summed E-state index contributed by atoms with van der Waals surface area (Å²) in [5, 5.41) is 10.1. The number of nitrogens with one attached hydrogen (secondary N) is 1. The summed E-state index contributed by atoms with van der Waals surface area (Å²) in [6.07, 6.45) is 4.79. The normalized spacial score (nSPS) is 28.6. The Morgan fingerprint density at radius 3 is 2.69 bits per heavy atom. The highest BCUT2D eigenvalue weighted by molar-refractivity contribution is 6.29. The van der Waals surface area contributed by atoms with Crippen LogP contribution in [-0.2, 0) is 9.59 Å². The first kappa shape index (κ1) is 21.6. The third kappa shape index (κ3) is 4.93. The minimum atomic E-state index is -0.250. The molecule has 3 aliphatic heterocycles. The number of piperidine rings is 3. The van der Waals surface area contributed by atoms with Crippen molar-refractivity contribution in [2.24, 2.45) is 11.8 Å². The van der Waals surface area contributed by atoms with Crippen molar-refractivity contribution >= 4 is 29.9 Å². The maximum absolute atomic E-state index is 12.9. The lowest BCUT2D eigenvalue weighted by molar-refractivity contribution is -0.123. The van der Waals surface area contributed by atoms with Crippen LogP contribution >= 0.6 is 11.6 Å². The molecule has 1 aromatic heterocycles. The van der Waals surface area contributed by atoms with Crippen LogP contribution in [0.2, 0.25) is 5.22 Å². The number of likely N-dealkylation sites (tertiary alicyclic amines) is 1. The summed E-state index contributed by atoms with van der Waals surface area (Å²) < 4.78 is 5.34. The molecule has 0 unspecified atom stereocenters.